The van der Waals surface area contributed by atoms with Crippen LogP contribution in [0.1, 0.15) is 6.92 Å². The molecule has 3 nitrogen and oxygen atoms in total. The normalized spacial score (nSPS) is 27.5. The van der Waals surface area contributed by atoms with E-state index >= 15 is 0 Å². The van der Waals surface area contributed by atoms with E-state index in [-0.39, 0.29) is 11.8 Å². The van der Waals surface area contributed by atoms with Crippen LogP contribution in [0.2, 0.25) is 0 Å². The molecule has 0 aromatic heterocycles. The maximum Gasteiger partial charge on any atom is 0.232 e. The van der Waals surface area contributed by atoms with Gasteiger partial charge < -0.3 is 9.64 Å². The molecule has 0 spiro atoms. The highest BCUT2D eigenvalue weighted by molar-refractivity contribution is 8.20. The van der Waals surface area contributed by atoms with Gasteiger partial charge in [-0.2, -0.15) is 0 Å². The van der Waals surface area contributed by atoms with Gasteiger partial charge in [-0.05, 0) is 24.3 Å². The molecule has 102 valence electrons. The van der Waals surface area contributed by atoms with Gasteiger partial charge in [-0.15, -0.1) is 23.5 Å². The van der Waals surface area contributed by atoms with E-state index in [2.05, 4.69) is 0 Å². The minimum absolute atomic E-state index is 0.144. The van der Waals surface area contributed by atoms with Gasteiger partial charge in [0.15, 0.2) is 0 Å². The fourth-order valence-corrected chi connectivity index (χ4v) is 5.93. The molecular formula is C14H17NO2S2. The van der Waals surface area contributed by atoms with E-state index < -0.39 is 0 Å². The molecule has 2 heterocycles. The number of amides is 1. The maximum absolute atomic E-state index is 12.2. The molecule has 19 heavy (non-hydrogen) atoms. The fraction of sp³-hybridized carbons (Fsp3) is 0.500. The van der Waals surface area contributed by atoms with Gasteiger partial charge >= 0.3 is 0 Å². The summed E-state index contributed by atoms with van der Waals surface area (Å²) in [5, 5.41) is 0. The zero-order chi connectivity index (χ0) is 13.4. The second-order valence-electron chi connectivity index (χ2n) is 4.80. The number of rotatable bonds is 3. The summed E-state index contributed by atoms with van der Waals surface area (Å²) in [4.78, 5) is 14.1. The minimum Gasteiger partial charge on any atom is -0.497 e. The standard InChI is InChI=1S/C14H17NO2S2/c1-9-12(14-18-7-8-19-14)15(13(9)16)10-3-5-11(17-2)6-4-10/h3-6,9,12,14H,7-8H2,1-2H3/t9-,12-/m0/s1. The Morgan fingerprint density at radius 3 is 2.42 bits per heavy atom. The molecule has 0 radical (unpaired) electrons. The van der Waals surface area contributed by atoms with Crippen LogP contribution in [0.15, 0.2) is 24.3 Å². The van der Waals surface area contributed by atoms with Crippen molar-refractivity contribution in [2.45, 2.75) is 17.5 Å². The van der Waals surface area contributed by atoms with Crippen LogP contribution in [0.4, 0.5) is 5.69 Å². The van der Waals surface area contributed by atoms with E-state index in [1.807, 2.05) is 59.6 Å². The van der Waals surface area contributed by atoms with Crippen molar-refractivity contribution in [2.75, 3.05) is 23.5 Å². The van der Waals surface area contributed by atoms with E-state index in [4.69, 9.17) is 4.74 Å². The zero-order valence-corrected chi connectivity index (χ0v) is 12.7. The van der Waals surface area contributed by atoms with E-state index in [1.165, 1.54) is 11.5 Å². The SMILES string of the molecule is COc1ccc(N2C(=O)[C@@H](C)[C@H]2C2SCCS2)cc1. The first-order valence-corrected chi connectivity index (χ1v) is 8.52. The van der Waals surface area contributed by atoms with Crippen molar-refractivity contribution >= 4 is 35.1 Å². The molecular weight excluding hydrogens is 278 g/mol. The van der Waals surface area contributed by atoms with Gasteiger partial charge in [-0.25, -0.2) is 0 Å². The van der Waals surface area contributed by atoms with Crippen molar-refractivity contribution in [2.24, 2.45) is 5.92 Å². The highest BCUT2D eigenvalue weighted by Gasteiger charge is 2.50. The first-order chi connectivity index (χ1) is 9.22. The molecule has 0 unspecified atom stereocenters. The molecule has 2 saturated heterocycles. The third kappa shape index (κ3) is 2.23. The van der Waals surface area contributed by atoms with Crippen LogP contribution in [0.5, 0.6) is 5.75 Å². The number of hydrogen-bond donors (Lipinski definition) is 0. The topological polar surface area (TPSA) is 29.5 Å². The second kappa shape index (κ2) is 5.29. The minimum atomic E-state index is 0.144. The average molecular weight is 295 g/mol. The number of anilines is 1. The summed E-state index contributed by atoms with van der Waals surface area (Å²) in [6.45, 7) is 2.05. The Morgan fingerprint density at radius 1 is 1.21 bits per heavy atom. The van der Waals surface area contributed by atoms with Crippen LogP contribution in [-0.2, 0) is 4.79 Å². The van der Waals surface area contributed by atoms with Crippen molar-refractivity contribution < 1.29 is 9.53 Å². The first kappa shape index (κ1) is 13.2. The van der Waals surface area contributed by atoms with Gasteiger partial charge in [0.1, 0.15) is 5.75 Å². The van der Waals surface area contributed by atoms with E-state index in [1.54, 1.807) is 7.11 Å². The molecule has 2 fully saturated rings. The molecule has 0 saturated carbocycles. The van der Waals surface area contributed by atoms with Crippen molar-refractivity contribution in [1.29, 1.82) is 0 Å². The highest BCUT2D eigenvalue weighted by atomic mass is 32.2. The van der Waals surface area contributed by atoms with Gasteiger partial charge in [0.05, 0.1) is 23.7 Å². The lowest BCUT2D eigenvalue weighted by molar-refractivity contribution is -0.128. The Kier molecular flexibility index (Phi) is 3.67. The first-order valence-electron chi connectivity index (χ1n) is 6.42. The molecule has 0 bridgehead atoms. The van der Waals surface area contributed by atoms with Crippen LogP contribution < -0.4 is 9.64 Å². The summed E-state index contributed by atoms with van der Waals surface area (Å²) >= 11 is 3.97. The predicted octanol–water partition coefficient (Wildman–Crippen LogP) is 2.85. The van der Waals surface area contributed by atoms with Gasteiger partial charge in [0, 0.05) is 17.2 Å². The molecule has 2 aliphatic heterocycles. The summed E-state index contributed by atoms with van der Waals surface area (Å²) in [7, 11) is 1.65. The fourth-order valence-electron chi connectivity index (χ4n) is 2.63. The molecule has 2 aliphatic rings. The Balaban J connectivity index is 1.82. The van der Waals surface area contributed by atoms with Crippen molar-refractivity contribution in [3.63, 3.8) is 0 Å². The number of hydrogen-bond acceptors (Lipinski definition) is 4. The van der Waals surface area contributed by atoms with Gasteiger partial charge in [0.25, 0.3) is 0 Å². The number of thioether (sulfide) groups is 2. The number of carbonyl (C=O) groups is 1. The van der Waals surface area contributed by atoms with E-state index in [0.717, 1.165) is 11.4 Å². The lowest BCUT2D eigenvalue weighted by atomic mass is 9.89. The molecule has 1 aromatic carbocycles. The summed E-state index contributed by atoms with van der Waals surface area (Å²) < 4.78 is 5.69. The largest absolute Gasteiger partial charge is 0.497 e. The molecule has 0 aliphatic carbocycles. The summed E-state index contributed by atoms with van der Waals surface area (Å²) in [6, 6.07) is 8.10. The van der Waals surface area contributed by atoms with Gasteiger partial charge in [-0.1, -0.05) is 6.92 Å². The second-order valence-corrected chi connectivity index (χ2v) is 7.59. The van der Waals surface area contributed by atoms with Crippen LogP contribution in [0.25, 0.3) is 0 Å². The number of β-lactam (4-membered cyclic amide) rings is 1. The monoisotopic (exact) mass is 295 g/mol. The number of nitrogens with zero attached hydrogens (tertiary/aromatic N) is 1. The quantitative estimate of drug-likeness (QED) is 0.802. The molecule has 2 atom stereocenters. The Labute approximate surface area is 122 Å². The molecule has 1 amide bonds. The molecule has 0 N–H and O–H groups in total. The predicted molar refractivity (Wildman–Crippen MR) is 82.1 cm³/mol. The summed E-state index contributed by atoms with van der Waals surface area (Å²) in [5.74, 6) is 3.60. The number of ether oxygens (including phenoxy) is 1. The third-order valence-corrected chi connectivity index (χ3v) is 6.88. The lowest BCUT2D eigenvalue weighted by Gasteiger charge is -2.48. The van der Waals surface area contributed by atoms with Crippen molar-refractivity contribution in [3.05, 3.63) is 24.3 Å². The summed E-state index contributed by atoms with van der Waals surface area (Å²) in [5.41, 5.74) is 0.988. The molecule has 5 heteroatoms. The van der Waals surface area contributed by atoms with Crippen molar-refractivity contribution in [3.8, 4) is 5.75 Å². The van der Waals surface area contributed by atoms with Crippen LogP contribution in [0.3, 0.4) is 0 Å². The maximum atomic E-state index is 12.2. The Bertz CT molecular complexity index is 471. The van der Waals surface area contributed by atoms with E-state index in [0.29, 0.717) is 10.6 Å². The average Bonchev–Trinajstić information content (AvgIpc) is 2.97. The third-order valence-electron chi connectivity index (χ3n) is 3.71. The Morgan fingerprint density at radius 2 is 1.84 bits per heavy atom. The van der Waals surface area contributed by atoms with Crippen molar-refractivity contribution in [1.82, 2.24) is 0 Å². The number of benzene rings is 1. The number of methoxy groups -OCH3 is 1. The van der Waals surface area contributed by atoms with Gasteiger partial charge in [0.2, 0.25) is 5.91 Å². The molecule has 3 rings (SSSR count). The van der Waals surface area contributed by atoms with Crippen LogP contribution in [0, 0.1) is 5.92 Å². The van der Waals surface area contributed by atoms with E-state index in [9.17, 15) is 4.79 Å². The molecule has 1 aromatic rings. The van der Waals surface area contributed by atoms with Crippen LogP contribution >= 0.6 is 23.5 Å². The number of carbonyl (C=O) groups excluding carboxylic acids is 1. The van der Waals surface area contributed by atoms with Crippen LogP contribution in [-0.4, -0.2) is 35.1 Å². The van der Waals surface area contributed by atoms with Gasteiger partial charge in [-0.3, -0.25) is 4.79 Å². The Hall–Kier alpha value is -0.810. The highest BCUT2D eigenvalue weighted by Crippen LogP contribution is 2.45. The summed E-state index contributed by atoms with van der Waals surface area (Å²) in [6.07, 6.45) is 0. The zero-order valence-electron chi connectivity index (χ0n) is 11.0. The lowest BCUT2D eigenvalue weighted by Crippen LogP contribution is -2.63. The smallest absolute Gasteiger partial charge is 0.232 e.